The van der Waals surface area contributed by atoms with Crippen molar-refractivity contribution in [2.45, 2.75) is 32.3 Å². The number of piperidine rings is 1. The fraction of sp³-hybridized carbons (Fsp3) is 0.318. The molecule has 1 saturated heterocycles. The van der Waals surface area contributed by atoms with E-state index >= 15 is 0 Å². The minimum Gasteiger partial charge on any atom is -0.489 e. The predicted octanol–water partition coefficient (Wildman–Crippen LogP) is 4.10. The van der Waals surface area contributed by atoms with Gasteiger partial charge in [-0.2, -0.15) is 0 Å². The molecule has 2 aromatic heterocycles. The first-order valence-corrected chi connectivity index (χ1v) is 10.2. The van der Waals surface area contributed by atoms with Crippen LogP contribution in [0.5, 0.6) is 5.75 Å². The van der Waals surface area contributed by atoms with Gasteiger partial charge < -0.3 is 14.6 Å². The van der Waals surface area contributed by atoms with Crippen LogP contribution in [0, 0.1) is 0 Å². The monoisotopic (exact) mass is 410 g/mol. The van der Waals surface area contributed by atoms with Crippen LogP contribution in [0.2, 0.25) is 5.02 Å². The van der Waals surface area contributed by atoms with E-state index in [1.54, 1.807) is 6.20 Å². The highest BCUT2D eigenvalue weighted by atomic mass is 35.5. The van der Waals surface area contributed by atoms with E-state index in [2.05, 4.69) is 19.9 Å². The zero-order valence-electron chi connectivity index (χ0n) is 16.3. The predicted molar refractivity (Wildman–Crippen MR) is 115 cm³/mol. The van der Waals surface area contributed by atoms with Gasteiger partial charge in [0, 0.05) is 49.5 Å². The lowest BCUT2D eigenvalue weighted by Gasteiger charge is -2.33. The number of pyridine rings is 1. The van der Waals surface area contributed by atoms with E-state index in [0.29, 0.717) is 17.3 Å². The normalized spacial score (nSPS) is 14.8. The van der Waals surface area contributed by atoms with Gasteiger partial charge in [-0.3, -0.25) is 4.79 Å². The fourth-order valence-corrected chi connectivity index (χ4v) is 3.64. The highest BCUT2D eigenvalue weighted by molar-refractivity contribution is 6.32. The molecular weight excluding hydrogens is 388 g/mol. The summed E-state index contributed by atoms with van der Waals surface area (Å²) in [5.41, 5.74) is 1.43. The van der Waals surface area contributed by atoms with Gasteiger partial charge in [0.25, 0.3) is 5.56 Å². The van der Waals surface area contributed by atoms with Crippen LogP contribution in [0.1, 0.15) is 25.5 Å². The van der Waals surface area contributed by atoms with Crippen molar-refractivity contribution in [1.29, 1.82) is 0 Å². The van der Waals surface area contributed by atoms with Crippen LogP contribution >= 0.6 is 11.6 Å². The van der Waals surface area contributed by atoms with Crippen molar-refractivity contribution in [3.05, 3.63) is 69.7 Å². The van der Waals surface area contributed by atoms with Gasteiger partial charge in [0.05, 0.1) is 5.02 Å². The molecule has 1 N–H and O–H groups in total. The van der Waals surface area contributed by atoms with Crippen molar-refractivity contribution in [3.63, 3.8) is 0 Å². The number of halogens is 1. The molecule has 29 heavy (non-hydrogen) atoms. The number of rotatable bonds is 5. The van der Waals surface area contributed by atoms with Crippen molar-refractivity contribution in [2.75, 3.05) is 18.0 Å². The van der Waals surface area contributed by atoms with Gasteiger partial charge >= 0.3 is 0 Å². The minimum atomic E-state index is -0.142. The number of aromatic amines is 1. The second-order valence-electron chi connectivity index (χ2n) is 7.08. The molecule has 0 atom stereocenters. The molecule has 0 aliphatic carbocycles. The number of aryl methyl sites for hydroxylation is 1. The van der Waals surface area contributed by atoms with Gasteiger partial charge in [0.15, 0.2) is 0 Å². The van der Waals surface area contributed by atoms with Crippen LogP contribution in [-0.2, 0) is 6.42 Å². The van der Waals surface area contributed by atoms with Crippen LogP contribution in [-0.4, -0.2) is 34.1 Å². The van der Waals surface area contributed by atoms with Gasteiger partial charge in [0.2, 0.25) is 0 Å². The van der Waals surface area contributed by atoms with Crippen LogP contribution in [0.3, 0.4) is 0 Å². The van der Waals surface area contributed by atoms with E-state index in [1.807, 2.05) is 43.3 Å². The van der Waals surface area contributed by atoms with E-state index in [4.69, 9.17) is 16.3 Å². The Kier molecular flexibility index (Phi) is 5.81. The molecule has 0 bridgehead atoms. The molecule has 1 aromatic carbocycles. The lowest BCUT2D eigenvalue weighted by atomic mass is 10.1. The first kappa shape index (κ1) is 19.5. The molecule has 0 unspecified atom stereocenters. The summed E-state index contributed by atoms with van der Waals surface area (Å²) in [7, 11) is 0. The number of H-pyrrole nitrogens is 1. The average molecular weight is 411 g/mol. The maximum absolute atomic E-state index is 11.8. The summed E-state index contributed by atoms with van der Waals surface area (Å²) >= 11 is 6.19. The van der Waals surface area contributed by atoms with E-state index in [0.717, 1.165) is 48.8 Å². The molecular formula is C22H23ClN4O2. The quantitative estimate of drug-likeness (QED) is 0.685. The largest absolute Gasteiger partial charge is 0.489 e. The Morgan fingerprint density at radius 1 is 1.21 bits per heavy atom. The Labute approximate surface area is 174 Å². The molecule has 3 heterocycles. The van der Waals surface area contributed by atoms with Crippen molar-refractivity contribution in [3.8, 4) is 17.1 Å². The fourth-order valence-electron chi connectivity index (χ4n) is 3.46. The van der Waals surface area contributed by atoms with Gasteiger partial charge in [-0.1, -0.05) is 30.7 Å². The van der Waals surface area contributed by atoms with Crippen molar-refractivity contribution in [2.24, 2.45) is 0 Å². The van der Waals surface area contributed by atoms with Gasteiger partial charge in [-0.25, -0.2) is 9.97 Å². The summed E-state index contributed by atoms with van der Waals surface area (Å²) in [6.45, 7) is 3.70. The summed E-state index contributed by atoms with van der Waals surface area (Å²) in [6, 6.07) is 13.0. The van der Waals surface area contributed by atoms with Crippen molar-refractivity contribution < 1.29 is 4.74 Å². The number of benzene rings is 1. The Morgan fingerprint density at radius 2 is 2.00 bits per heavy atom. The first-order chi connectivity index (χ1) is 14.1. The third-order valence-electron chi connectivity index (χ3n) is 5.07. The summed E-state index contributed by atoms with van der Waals surface area (Å²) in [4.78, 5) is 25.9. The third kappa shape index (κ3) is 4.59. The Hall–Kier alpha value is -2.86. The zero-order valence-corrected chi connectivity index (χ0v) is 17.0. The van der Waals surface area contributed by atoms with E-state index < -0.39 is 0 Å². The number of para-hydroxylation sites is 1. The minimum absolute atomic E-state index is 0.142. The molecule has 3 aromatic rings. The van der Waals surface area contributed by atoms with Crippen molar-refractivity contribution in [1.82, 2.24) is 15.0 Å². The zero-order chi connectivity index (χ0) is 20.2. The molecule has 0 amide bonds. The second-order valence-corrected chi connectivity index (χ2v) is 7.49. The lowest BCUT2D eigenvalue weighted by Crippen LogP contribution is -2.38. The molecule has 6 nitrogen and oxygen atoms in total. The number of hydrogen-bond acceptors (Lipinski definition) is 5. The molecule has 1 fully saturated rings. The number of hydrogen-bond donors (Lipinski definition) is 1. The topological polar surface area (TPSA) is 71.1 Å². The van der Waals surface area contributed by atoms with E-state index in [1.165, 1.54) is 6.07 Å². The van der Waals surface area contributed by atoms with E-state index in [9.17, 15) is 4.79 Å². The Morgan fingerprint density at radius 3 is 2.69 bits per heavy atom. The number of ether oxygens (including phenoxy) is 1. The molecule has 4 rings (SSSR count). The third-order valence-corrected chi connectivity index (χ3v) is 5.39. The molecule has 0 spiro atoms. The summed E-state index contributed by atoms with van der Waals surface area (Å²) in [5.74, 6) is 2.21. The lowest BCUT2D eigenvalue weighted by molar-refractivity contribution is 0.171. The van der Waals surface area contributed by atoms with Crippen LogP contribution < -0.4 is 15.2 Å². The number of anilines is 1. The van der Waals surface area contributed by atoms with Gasteiger partial charge in [-0.05, 0) is 30.7 Å². The van der Waals surface area contributed by atoms with E-state index in [-0.39, 0.29) is 11.7 Å². The number of aromatic nitrogens is 3. The van der Waals surface area contributed by atoms with Crippen LogP contribution in [0.15, 0.2) is 53.5 Å². The molecule has 1 aliphatic rings. The standard InChI is InChI=1S/C22H23ClN4O2/c1-2-16-13-21(28)26-22(25-16)15-7-8-20(24-14-15)27-11-9-17(10-12-27)29-19-6-4-3-5-18(19)23/h3-8,13-14,17H,2,9-12H2,1H3,(H,25,26,28). The molecule has 150 valence electrons. The van der Waals surface area contributed by atoms with Crippen molar-refractivity contribution >= 4 is 17.4 Å². The Bertz CT molecular complexity index is 1030. The molecule has 7 heteroatoms. The Balaban J connectivity index is 1.40. The highest BCUT2D eigenvalue weighted by Gasteiger charge is 2.22. The van der Waals surface area contributed by atoms with Gasteiger partial charge in [-0.15, -0.1) is 0 Å². The smallest absolute Gasteiger partial charge is 0.251 e. The van der Waals surface area contributed by atoms with Crippen LogP contribution in [0.25, 0.3) is 11.4 Å². The molecule has 1 aliphatic heterocycles. The summed E-state index contributed by atoms with van der Waals surface area (Å²) in [6.07, 6.45) is 4.44. The highest BCUT2D eigenvalue weighted by Crippen LogP contribution is 2.28. The molecule has 0 saturated carbocycles. The summed E-state index contributed by atoms with van der Waals surface area (Å²) < 4.78 is 6.06. The van der Waals surface area contributed by atoms with Gasteiger partial charge in [0.1, 0.15) is 23.5 Å². The molecule has 0 radical (unpaired) electrons. The van der Waals surface area contributed by atoms with Crippen LogP contribution in [0.4, 0.5) is 5.82 Å². The second kappa shape index (κ2) is 8.66. The SMILES string of the molecule is CCc1cc(=O)[nH]c(-c2ccc(N3CCC(Oc4ccccc4Cl)CC3)nc2)n1. The maximum atomic E-state index is 11.8. The number of nitrogens with one attached hydrogen (secondary N) is 1. The maximum Gasteiger partial charge on any atom is 0.251 e. The first-order valence-electron chi connectivity index (χ1n) is 9.85. The number of nitrogens with zero attached hydrogens (tertiary/aromatic N) is 3. The average Bonchev–Trinajstić information content (AvgIpc) is 2.75. The summed E-state index contributed by atoms with van der Waals surface area (Å²) in [5, 5.41) is 0.644.